The summed E-state index contributed by atoms with van der Waals surface area (Å²) in [6.45, 7) is 2.93. The number of hydrogen-bond donors (Lipinski definition) is 2. The highest BCUT2D eigenvalue weighted by molar-refractivity contribution is 7.99. The number of nitrogens with zero attached hydrogens (tertiary/aromatic N) is 1. The normalized spacial score (nSPS) is 11.9. The first kappa shape index (κ1) is 14.6. The molecule has 1 unspecified atom stereocenters. The summed E-state index contributed by atoms with van der Waals surface area (Å²) in [6.07, 6.45) is 3.08. The van der Waals surface area contributed by atoms with Crippen molar-refractivity contribution in [2.75, 3.05) is 31.0 Å². The van der Waals surface area contributed by atoms with Crippen molar-refractivity contribution in [1.29, 1.82) is 0 Å². The summed E-state index contributed by atoms with van der Waals surface area (Å²) in [5, 5.41) is 3.71. The van der Waals surface area contributed by atoms with E-state index in [9.17, 15) is 4.79 Å². The Balaban J connectivity index is 2.66. The number of anilines is 2. The zero-order valence-corrected chi connectivity index (χ0v) is 11.7. The number of carbonyl (C=O) groups excluding carboxylic acids is 1. The second-order valence-electron chi connectivity index (χ2n) is 3.89. The molecule has 3 N–H and O–H groups in total. The summed E-state index contributed by atoms with van der Waals surface area (Å²) in [5.41, 5.74) is 6.58. The van der Waals surface area contributed by atoms with Crippen LogP contribution in [-0.2, 0) is 4.74 Å². The van der Waals surface area contributed by atoms with Crippen LogP contribution in [0.25, 0.3) is 0 Å². The van der Waals surface area contributed by atoms with Crippen LogP contribution in [0.5, 0.6) is 0 Å². The number of hydrogen-bond acceptors (Lipinski definition) is 6. The van der Waals surface area contributed by atoms with Crippen molar-refractivity contribution in [1.82, 2.24) is 4.98 Å². The average Bonchev–Trinajstić information content (AvgIpc) is 2.39. The van der Waals surface area contributed by atoms with Crippen LogP contribution in [0.4, 0.5) is 11.5 Å². The van der Waals surface area contributed by atoms with Crippen molar-refractivity contribution in [3.63, 3.8) is 0 Å². The Morgan fingerprint density at radius 3 is 2.94 bits per heavy atom. The van der Waals surface area contributed by atoms with Crippen molar-refractivity contribution < 1.29 is 9.53 Å². The lowest BCUT2D eigenvalue weighted by molar-refractivity contribution is 0.0594. The van der Waals surface area contributed by atoms with E-state index < -0.39 is 5.97 Å². The third-order valence-electron chi connectivity index (χ3n) is 2.57. The van der Waals surface area contributed by atoms with Crippen molar-refractivity contribution in [3.8, 4) is 0 Å². The molecular formula is C12H19N3O2S. The molecule has 0 aromatic carbocycles. The molecule has 0 fully saturated rings. The van der Waals surface area contributed by atoms with Crippen LogP contribution < -0.4 is 11.1 Å². The van der Waals surface area contributed by atoms with Crippen LogP contribution >= 0.6 is 11.8 Å². The SMILES string of the molecule is COC(=O)c1ccc(N)c(NCCC(C)SC)n1. The van der Waals surface area contributed by atoms with Gasteiger partial charge in [0, 0.05) is 11.8 Å². The summed E-state index contributed by atoms with van der Waals surface area (Å²) < 4.78 is 4.62. The molecule has 0 amide bonds. The fraction of sp³-hybridized carbons (Fsp3) is 0.500. The van der Waals surface area contributed by atoms with Gasteiger partial charge in [-0.3, -0.25) is 0 Å². The summed E-state index contributed by atoms with van der Waals surface area (Å²) in [6, 6.07) is 3.20. The predicted molar refractivity (Wildman–Crippen MR) is 76.1 cm³/mol. The minimum atomic E-state index is -0.462. The molecule has 18 heavy (non-hydrogen) atoms. The number of rotatable bonds is 6. The molecule has 100 valence electrons. The monoisotopic (exact) mass is 269 g/mol. The van der Waals surface area contributed by atoms with Crippen LogP contribution in [0.15, 0.2) is 12.1 Å². The average molecular weight is 269 g/mol. The van der Waals surface area contributed by atoms with Crippen molar-refractivity contribution in [3.05, 3.63) is 17.8 Å². The number of nitrogens with two attached hydrogens (primary N) is 1. The Morgan fingerprint density at radius 2 is 2.33 bits per heavy atom. The molecule has 0 aliphatic heterocycles. The molecular weight excluding hydrogens is 250 g/mol. The van der Waals surface area contributed by atoms with Gasteiger partial charge in [-0.2, -0.15) is 11.8 Å². The van der Waals surface area contributed by atoms with E-state index in [-0.39, 0.29) is 5.69 Å². The Labute approximate surface area is 111 Å². The number of nitrogen functional groups attached to an aromatic ring is 1. The fourth-order valence-electron chi connectivity index (χ4n) is 1.34. The minimum Gasteiger partial charge on any atom is -0.464 e. The van der Waals surface area contributed by atoms with Crippen molar-refractivity contribution in [2.24, 2.45) is 0 Å². The lowest BCUT2D eigenvalue weighted by Crippen LogP contribution is -2.13. The molecule has 1 heterocycles. The van der Waals surface area contributed by atoms with E-state index in [1.807, 2.05) is 11.8 Å². The van der Waals surface area contributed by atoms with Crippen molar-refractivity contribution in [2.45, 2.75) is 18.6 Å². The topological polar surface area (TPSA) is 77.2 Å². The van der Waals surface area contributed by atoms with Crippen LogP contribution in [0.1, 0.15) is 23.8 Å². The second-order valence-corrected chi connectivity index (χ2v) is 5.16. The fourth-order valence-corrected chi connectivity index (χ4v) is 1.69. The van der Waals surface area contributed by atoms with Gasteiger partial charge >= 0.3 is 5.97 Å². The van der Waals surface area contributed by atoms with E-state index in [2.05, 4.69) is 28.2 Å². The summed E-state index contributed by atoms with van der Waals surface area (Å²) in [7, 11) is 1.33. The van der Waals surface area contributed by atoms with Crippen molar-refractivity contribution >= 4 is 29.2 Å². The first-order valence-corrected chi connectivity index (χ1v) is 6.98. The minimum absolute atomic E-state index is 0.257. The molecule has 1 rings (SSSR count). The largest absolute Gasteiger partial charge is 0.464 e. The molecule has 6 heteroatoms. The highest BCUT2D eigenvalue weighted by Crippen LogP contribution is 2.17. The van der Waals surface area contributed by atoms with E-state index in [0.717, 1.165) is 13.0 Å². The molecule has 0 bridgehead atoms. The molecule has 1 atom stereocenters. The molecule has 1 aromatic rings. The van der Waals surface area contributed by atoms with E-state index >= 15 is 0 Å². The van der Waals surface area contributed by atoms with E-state index in [1.54, 1.807) is 12.1 Å². The molecule has 1 aromatic heterocycles. The summed E-state index contributed by atoms with van der Waals surface area (Å²) in [5.74, 6) is 0.0711. The maximum Gasteiger partial charge on any atom is 0.356 e. The lowest BCUT2D eigenvalue weighted by Gasteiger charge is -2.11. The molecule has 5 nitrogen and oxygen atoms in total. The summed E-state index contributed by atoms with van der Waals surface area (Å²) >= 11 is 1.81. The maximum absolute atomic E-state index is 11.3. The second kappa shape index (κ2) is 7.10. The number of ether oxygens (including phenoxy) is 1. The van der Waals surface area contributed by atoms with Gasteiger partial charge in [-0.25, -0.2) is 9.78 Å². The van der Waals surface area contributed by atoms with E-state index in [0.29, 0.717) is 16.8 Å². The van der Waals surface area contributed by atoms with Gasteiger partial charge in [-0.05, 0) is 24.8 Å². The number of nitrogens with one attached hydrogen (secondary N) is 1. The van der Waals surface area contributed by atoms with Gasteiger partial charge in [0.2, 0.25) is 0 Å². The number of methoxy groups -OCH3 is 1. The third-order valence-corrected chi connectivity index (χ3v) is 3.61. The number of esters is 1. The van der Waals surface area contributed by atoms with E-state index in [4.69, 9.17) is 5.73 Å². The van der Waals surface area contributed by atoms with Crippen LogP contribution in [0, 0.1) is 0 Å². The van der Waals surface area contributed by atoms with Gasteiger partial charge in [0.1, 0.15) is 5.82 Å². The van der Waals surface area contributed by atoms with Gasteiger partial charge in [-0.1, -0.05) is 6.92 Å². The Kier molecular flexibility index (Phi) is 5.77. The molecule has 0 radical (unpaired) electrons. The highest BCUT2D eigenvalue weighted by Gasteiger charge is 2.10. The third kappa shape index (κ3) is 4.10. The van der Waals surface area contributed by atoms with Crippen LogP contribution in [0.2, 0.25) is 0 Å². The van der Waals surface area contributed by atoms with E-state index in [1.165, 1.54) is 7.11 Å². The highest BCUT2D eigenvalue weighted by atomic mass is 32.2. The van der Waals surface area contributed by atoms with Gasteiger partial charge in [0.15, 0.2) is 5.69 Å². The zero-order valence-electron chi connectivity index (χ0n) is 10.9. The molecule has 0 saturated carbocycles. The van der Waals surface area contributed by atoms with Crippen LogP contribution in [0.3, 0.4) is 0 Å². The Bertz CT molecular complexity index is 412. The number of pyridine rings is 1. The lowest BCUT2D eigenvalue weighted by atomic mass is 10.3. The number of aromatic nitrogens is 1. The van der Waals surface area contributed by atoms with Gasteiger partial charge < -0.3 is 15.8 Å². The molecule has 0 aliphatic carbocycles. The molecule has 0 saturated heterocycles. The molecule has 0 aliphatic rings. The quantitative estimate of drug-likeness (QED) is 0.769. The van der Waals surface area contributed by atoms with Gasteiger partial charge in [0.05, 0.1) is 12.8 Å². The Hall–Kier alpha value is -1.43. The zero-order chi connectivity index (χ0) is 13.5. The number of thioether (sulfide) groups is 1. The smallest absolute Gasteiger partial charge is 0.356 e. The maximum atomic E-state index is 11.3. The summed E-state index contributed by atoms with van der Waals surface area (Å²) in [4.78, 5) is 15.5. The van der Waals surface area contributed by atoms with Gasteiger partial charge in [-0.15, -0.1) is 0 Å². The van der Waals surface area contributed by atoms with Gasteiger partial charge in [0.25, 0.3) is 0 Å². The first-order chi connectivity index (χ1) is 8.58. The predicted octanol–water partition coefficient (Wildman–Crippen LogP) is 2.00. The van der Waals surface area contributed by atoms with Crippen LogP contribution in [-0.4, -0.2) is 36.1 Å². The molecule has 0 spiro atoms. The first-order valence-electron chi connectivity index (χ1n) is 5.70. The Morgan fingerprint density at radius 1 is 1.61 bits per heavy atom. The standard InChI is InChI=1S/C12H19N3O2S/c1-8(18-3)6-7-14-11-9(13)4-5-10(15-11)12(16)17-2/h4-5,8H,6-7,13H2,1-3H3,(H,14,15). The number of carbonyl (C=O) groups is 1.